The topological polar surface area (TPSA) is 37.3 Å². The normalized spacial score (nSPS) is 12.3. The van der Waals surface area contributed by atoms with Crippen LogP contribution in [0.5, 0.6) is 0 Å². The van der Waals surface area contributed by atoms with Gasteiger partial charge in [0.15, 0.2) is 0 Å². The van der Waals surface area contributed by atoms with Gasteiger partial charge in [-0.15, -0.1) is 0 Å². The highest BCUT2D eigenvalue weighted by atomic mass is 15.3. The molecule has 1 aromatic carbocycles. The Bertz CT molecular complexity index is 578. The lowest BCUT2D eigenvalue weighted by Gasteiger charge is -2.19. The lowest BCUT2D eigenvalue weighted by atomic mass is 9.86. The van der Waals surface area contributed by atoms with Gasteiger partial charge in [-0.3, -0.25) is 5.43 Å². The predicted molar refractivity (Wildman–Crippen MR) is 85.2 cm³/mol. The summed E-state index contributed by atoms with van der Waals surface area (Å²) in [7, 11) is 0. The zero-order chi connectivity index (χ0) is 14.6. The summed E-state index contributed by atoms with van der Waals surface area (Å²) in [6, 6.07) is 14.2. The van der Waals surface area contributed by atoms with E-state index in [0.29, 0.717) is 0 Å². The quantitative estimate of drug-likeness (QED) is 0.668. The summed E-state index contributed by atoms with van der Waals surface area (Å²) in [6.07, 6.45) is 1.74. The molecule has 20 heavy (non-hydrogen) atoms. The Hall–Kier alpha value is -2.16. The number of pyridine rings is 1. The fraction of sp³-hybridized carbons (Fsp3) is 0.294. The first-order chi connectivity index (χ1) is 9.47. The van der Waals surface area contributed by atoms with E-state index in [0.717, 1.165) is 17.1 Å². The van der Waals surface area contributed by atoms with Crippen molar-refractivity contribution < 1.29 is 0 Å². The Labute approximate surface area is 120 Å². The summed E-state index contributed by atoms with van der Waals surface area (Å²) in [4.78, 5) is 4.17. The standard InChI is InChI=1S/C17H21N3/c1-13(19-20-16-7-5-6-12-18-16)14-8-10-15(11-9-14)17(2,3)4/h5-12H,1-4H3,(H,18,20)/b19-13-. The van der Waals surface area contributed by atoms with Crippen molar-refractivity contribution in [2.24, 2.45) is 5.10 Å². The van der Waals surface area contributed by atoms with Crippen LogP contribution in [0.2, 0.25) is 0 Å². The van der Waals surface area contributed by atoms with Crippen molar-refractivity contribution in [3.8, 4) is 0 Å². The zero-order valence-corrected chi connectivity index (χ0v) is 12.5. The molecule has 0 radical (unpaired) electrons. The number of nitrogens with zero attached hydrogens (tertiary/aromatic N) is 2. The first-order valence-electron chi connectivity index (χ1n) is 6.79. The second kappa shape index (κ2) is 5.87. The molecule has 0 amide bonds. The minimum atomic E-state index is 0.176. The van der Waals surface area contributed by atoms with Crippen LogP contribution >= 0.6 is 0 Å². The molecule has 0 aliphatic carbocycles. The van der Waals surface area contributed by atoms with Crippen molar-refractivity contribution >= 4 is 11.5 Å². The van der Waals surface area contributed by atoms with Gasteiger partial charge in [-0.05, 0) is 35.6 Å². The Kier molecular flexibility index (Phi) is 4.18. The Morgan fingerprint density at radius 3 is 2.30 bits per heavy atom. The maximum Gasteiger partial charge on any atom is 0.146 e. The third kappa shape index (κ3) is 3.67. The largest absolute Gasteiger partial charge is 0.261 e. The maximum absolute atomic E-state index is 4.36. The Morgan fingerprint density at radius 1 is 1.05 bits per heavy atom. The molecular weight excluding hydrogens is 246 g/mol. The average molecular weight is 267 g/mol. The second-order valence-corrected chi connectivity index (χ2v) is 5.85. The van der Waals surface area contributed by atoms with Crippen molar-refractivity contribution in [3.05, 3.63) is 59.8 Å². The number of nitrogens with one attached hydrogen (secondary N) is 1. The van der Waals surface area contributed by atoms with Crippen molar-refractivity contribution in [2.75, 3.05) is 5.43 Å². The van der Waals surface area contributed by atoms with Gasteiger partial charge >= 0.3 is 0 Å². The number of benzene rings is 1. The number of hydrazone groups is 1. The highest BCUT2D eigenvalue weighted by Gasteiger charge is 2.13. The molecule has 0 fully saturated rings. The number of aromatic nitrogens is 1. The monoisotopic (exact) mass is 267 g/mol. The first-order valence-corrected chi connectivity index (χ1v) is 6.79. The molecule has 1 N–H and O–H groups in total. The molecule has 0 atom stereocenters. The van der Waals surface area contributed by atoms with Crippen LogP contribution in [-0.2, 0) is 5.41 Å². The van der Waals surface area contributed by atoms with E-state index in [1.807, 2.05) is 25.1 Å². The molecule has 2 aromatic rings. The SMILES string of the molecule is C/C(=N/Nc1ccccn1)c1ccc(C(C)(C)C)cc1. The van der Waals surface area contributed by atoms with E-state index >= 15 is 0 Å². The molecule has 0 aliphatic rings. The molecule has 1 heterocycles. The molecule has 0 saturated heterocycles. The maximum atomic E-state index is 4.36. The lowest BCUT2D eigenvalue weighted by Crippen LogP contribution is -2.11. The molecule has 3 nitrogen and oxygen atoms in total. The summed E-state index contributed by atoms with van der Waals surface area (Å²) >= 11 is 0. The molecule has 0 saturated carbocycles. The summed E-state index contributed by atoms with van der Waals surface area (Å²) in [5.74, 6) is 0.748. The molecule has 0 bridgehead atoms. The van der Waals surface area contributed by atoms with Crippen molar-refractivity contribution in [1.82, 2.24) is 4.98 Å². The molecule has 3 heteroatoms. The van der Waals surface area contributed by atoms with Gasteiger partial charge in [0.25, 0.3) is 0 Å². The van der Waals surface area contributed by atoms with E-state index < -0.39 is 0 Å². The fourth-order valence-corrected chi connectivity index (χ4v) is 1.85. The van der Waals surface area contributed by atoms with Crippen molar-refractivity contribution in [2.45, 2.75) is 33.1 Å². The van der Waals surface area contributed by atoms with Crippen LogP contribution < -0.4 is 5.43 Å². The number of anilines is 1. The molecule has 0 aliphatic heterocycles. The van der Waals surface area contributed by atoms with Crippen LogP contribution in [0, 0.1) is 0 Å². The molecule has 0 unspecified atom stereocenters. The minimum absolute atomic E-state index is 0.176. The van der Waals surface area contributed by atoms with Crippen LogP contribution in [-0.4, -0.2) is 10.7 Å². The van der Waals surface area contributed by atoms with Crippen LogP contribution in [0.1, 0.15) is 38.8 Å². The van der Waals surface area contributed by atoms with E-state index in [1.165, 1.54) is 5.56 Å². The van der Waals surface area contributed by atoms with Crippen LogP contribution in [0.3, 0.4) is 0 Å². The van der Waals surface area contributed by atoms with Gasteiger partial charge in [0.05, 0.1) is 5.71 Å². The van der Waals surface area contributed by atoms with Crippen molar-refractivity contribution in [3.63, 3.8) is 0 Å². The van der Waals surface area contributed by atoms with Gasteiger partial charge in [0, 0.05) is 6.20 Å². The highest BCUT2D eigenvalue weighted by Crippen LogP contribution is 2.22. The lowest BCUT2D eigenvalue weighted by molar-refractivity contribution is 0.590. The van der Waals surface area contributed by atoms with Gasteiger partial charge in [-0.2, -0.15) is 5.10 Å². The van der Waals surface area contributed by atoms with Crippen molar-refractivity contribution in [1.29, 1.82) is 0 Å². The predicted octanol–water partition coefficient (Wildman–Crippen LogP) is 4.22. The van der Waals surface area contributed by atoms with E-state index in [1.54, 1.807) is 6.20 Å². The first kappa shape index (κ1) is 14.3. The van der Waals surface area contributed by atoms with Gasteiger partial charge in [0.2, 0.25) is 0 Å². The minimum Gasteiger partial charge on any atom is -0.261 e. The van der Waals surface area contributed by atoms with E-state index in [-0.39, 0.29) is 5.41 Å². The Morgan fingerprint density at radius 2 is 1.75 bits per heavy atom. The Balaban J connectivity index is 2.11. The molecule has 0 spiro atoms. The number of hydrogen-bond acceptors (Lipinski definition) is 3. The summed E-state index contributed by atoms with van der Waals surface area (Å²) in [5.41, 5.74) is 6.52. The van der Waals surface area contributed by atoms with Crippen LogP contribution in [0.25, 0.3) is 0 Å². The molecular formula is C17H21N3. The number of rotatable bonds is 3. The molecule has 104 valence electrons. The summed E-state index contributed by atoms with van der Waals surface area (Å²) < 4.78 is 0. The van der Waals surface area contributed by atoms with Crippen LogP contribution in [0.4, 0.5) is 5.82 Å². The third-order valence-electron chi connectivity index (χ3n) is 3.17. The third-order valence-corrected chi connectivity index (χ3v) is 3.17. The van der Waals surface area contributed by atoms with Gasteiger partial charge in [0.1, 0.15) is 5.82 Å². The summed E-state index contributed by atoms with van der Waals surface area (Å²) in [6.45, 7) is 8.63. The zero-order valence-electron chi connectivity index (χ0n) is 12.5. The van der Waals surface area contributed by atoms with Crippen LogP contribution in [0.15, 0.2) is 53.8 Å². The van der Waals surface area contributed by atoms with E-state index in [4.69, 9.17) is 0 Å². The average Bonchev–Trinajstić information content (AvgIpc) is 2.45. The van der Waals surface area contributed by atoms with E-state index in [9.17, 15) is 0 Å². The molecule has 1 aromatic heterocycles. The summed E-state index contributed by atoms with van der Waals surface area (Å²) in [5, 5.41) is 4.36. The van der Waals surface area contributed by atoms with E-state index in [2.05, 4.69) is 60.5 Å². The highest BCUT2D eigenvalue weighted by molar-refractivity contribution is 5.99. The van der Waals surface area contributed by atoms with Gasteiger partial charge in [-0.1, -0.05) is 51.1 Å². The smallest absolute Gasteiger partial charge is 0.146 e. The number of hydrogen-bond donors (Lipinski definition) is 1. The van der Waals surface area contributed by atoms with Gasteiger partial charge < -0.3 is 0 Å². The van der Waals surface area contributed by atoms with Gasteiger partial charge in [-0.25, -0.2) is 4.98 Å². The second-order valence-electron chi connectivity index (χ2n) is 5.85. The molecule has 2 rings (SSSR count). The fourth-order valence-electron chi connectivity index (χ4n) is 1.85.